The lowest BCUT2D eigenvalue weighted by atomic mass is 9.99. The van der Waals surface area contributed by atoms with E-state index in [0.29, 0.717) is 5.56 Å². The Kier molecular flexibility index (Phi) is 6.54. The molecule has 0 atom stereocenters. The average molecular weight is 546 g/mol. The van der Waals surface area contributed by atoms with Crippen LogP contribution in [0.4, 0.5) is 30.2 Å². The third-order valence-corrected chi connectivity index (χ3v) is 6.72. The Labute approximate surface area is 226 Å². The first kappa shape index (κ1) is 26.5. The van der Waals surface area contributed by atoms with Crippen molar-refractivity contribution in [1.82, 2.24) is 0 Å². The maximum atomic E-state index is 13.5. The smallest absolute Gasteiger partial charge is 0.416 e. The Bertz CT molecular complexity index is 1710. The van der Waals surface area contributed by atoms with Crippen LogP contribution in [0.2, 0.25) is 0 Å². The highest BCUT2D eigenvalue weighted by atomic mass is 19.4. The highest BCUT2D eigenvalue weighted by Crippen LogP contribution is 2.41. The minimum absolute atomic E-state index is 0.0651. The molecule has 10 heteroatoms. The lowest BCUT2D eigenvalue weighted by Crippen LogP contribution is -2.26. The Morgan fingerprint density at radius 3 is 2.35 bits per heavy atom. The number of anilines is 3. The quantitative estimate of drug-likeness (QED) is 0.187. The van der Waals surface area contributed by atoms with Gasteiger partial charge in [0.1, 0.15) is 5.75 Å². The number of halogens is 3. The molecule has 3 N–H and O–H groups in total. The van der Waals surface area contributed by atoms with E-state index >= 15 is 0 Å². The van der Waals surface area contributed by atoms with Crippen LogP contribution >= 0.6 is 0 Å². The van der Waals surface area contributed by atoms with Crippen LogP contribution in [-0.2, 0) is 11.0 Å². The van der Waals surface area contributed by atoms with Crippen molar-refractivity contribution in [1.29, 1.82) is 0 Å². The molecular formula is C30H22F3N3O4. The van der Waals surface area contributed by atoms with Crippen LogP contribution in [-0.4, -0.2) is 27.8 Å². The zero-order chi connectivity index (χ0) is 28.8. The van der Waals surface area contributed by atoms with Crippen molar-refractivity contribution in [2.45, 2.75) is 20.0 Å². The number of alkyl halides is 3. The van der Waals surface area contributed by atoms with Crippen LogP contribution in [0, 0.1) is 13.8 Å². The number of rotatable bonds is 5. The van der Waals surface area contributed by atoms with Gasteiger partial charge in [-0.05, 0) is 73.0 Å². The van der Waals surface area contributed by atoms with Gasteiger partial charge in [0.25, 0.3) is 5.91 Å². The number of hydrogen-bond acceptors (Lipinski definition) is 5. The molecule has 0 saturated heterocycles. The van der Waals surface area contributed by atoms with Crippen LogP contribution in [0.15, 0.2) is 84.0 Å². The third kappa shape index (κ3) is 4.75. The second kappa shape index (κ2) is 9.88. The SMILES string of the molecule is Cc1ccc(-c2cccc(N/N=C3\C(=O)N(c4cccc(C(=O)O)c4)c4cc(C(F)(F)F)ccc43)c2O)cc1C. The second-order valence-electron chi connectivity index (χ2n) is 9.30. The van der Waals surface area contributed by atoms with Crippen molar-refractivity contribution in [2.24, 2.45) is 5.10 Å². The van der Waals surface area contributed by atoms with Crippen LogP contribution in [0.1, 0.15) is 32.6 Å². The van der Waals surface area contributed by atoms with E-state index in [2.05, 4.69) is 10.5 Å². The Hall–Kier alpha value is -5.12. The molecular weight excluding hydrogens is 523 g/mol. The zero-order valence-electron chi connectivity index (χ0n) is 21.2. The van der Waals surface area contributed by atoms with Crippen molar-refractivity contribution in [3.63, 3.8) is 0 Å². The summed E-state index contributed by atoms with van der Waals surface area (Å²) in [4.78, 5) is 26.0. The van der Waals surface area contributed by atoms with Crippen LogP contribution in [0.5, 0.6) is 5.75 Å². The third-order valence-electron chi connectivity index (χ3n) is 6.72. The molecule has 1 aliphatic rings. The highest BCUT2D eigenvalue weighted by molar-refractivity contribution is 6.55. The summed E-state index contributed by atoms with van der Waals surface area (Å²) in [5.41, 5.74) is 5.02. The molecule has 0 saturated carbocycles. The molecule has 0 aromatic heterocycles. The monoisotopic (exact) mass is 545 g/mol. The van der Waals surface area contributed by atoms with Crippen molar-refractivity contribution >= 4 is 34.7 Å². The van der Waals surface area contributed by atoms with Crippen LogP contribution in [0.25, 0.3) is 11.1 Å². The van der Waals surface area contributed by atoms with E-state index in [4.69, 9.17) is 0 Å². The number of amides is 1. The largest absolute Gasteiger partial charge is 0.505 e. The number of hydrogen-bond donors (Lipinski definition) is 3. The molecule has 40 heavy (non-hydrogen) atoms. The summed E-state index contributed by atoms with van der Waals surface area (Å²) in [6.45, 7) is 3.93. The first-order valence-corrected chi connectivity index (χ1v) is 12.1. The van der Waals surface area contributed by atoms with E-state index in [-0.39, 0.29) is 39.7 Å². The van der Waals surface area contributed by atoms with Crippen LogP contribution in [0.3, 0.4) is 0 Å². The fraction of sp³-hybridized carbons (Fsp3) is 0.100. The molecule has 4 aromatic rings. The molecule has 0 fully saturated rings. The summed E-state index contributed by atoms with van der Waals surface area (Å²) in [6, 6.07) is 18.8. The molecule has 0 radical (unpaired) electrons. The predicted octanol–water partition coefficient (Wildman–Crippen LogP) is 6.89. The molecule has 1 heterocycles. The number of benzene rings is 4. The number of aromatic carboxylic acids is 1. The van der Waals surface area contributed by atoms with E-state index < -0.39 is 23.6 Å². The van der Waals surface area contributed by atoms with Gasteiger partial charge < -0.3 is 10.2 Å². The normalized spacial score (nSPS) is 14.0. The summed E-state index contributed by atoms with van der Waals surface area (Å²) in [7, 11) is 0. The number of carbonyl (C=O) groups is 2. The first-order valence-electron chi connectivity index (χ1n) is 12.1. The number of nitrogens with one attached hydrogen (secondary N) is 1. The molecule has 202 valence electrons. The van der Waals surface area contributed by atoms with Gasteiger partial charge in [-0.25, -0.2) is 4.79 Å². The van der Waals surface area contributed by atoms with Crippen LogP contribution < -0.4 is 10.3 Å². The number of phenolic OH excluding ortho intramolecular Hbond substituents is 1. The van der Waals surface area contributed by atoms with E-state index in [1.54, 1.807) is 18.2 Å². The fourth-order valence-electron chi connectivity index (χ4n) is 4.46. The molecule has 0 bridgehead atoms. The fourth-order valence-corrected chi connectivity index (χ4v) is 4.46. The van der Waals surface area contributed by atoms with Crippen molar-refractivity contribution < 1.29 is 33.0 Å². The molecule has 4 aromatic carbocycles. The molecule has 0 aliphatic carbocycles. The summed E-state index contributed by atoms with van der Waals surface area (Å²) in [6.07, 6.45) is -4.68. The molecule has 0 unspecified atom stereocenters. The molecule has 7 nitrogen and oxygen atoms in total. The van der Waals surface area contributed by atoms with Gasteiger partial charge >= 0.3 is 12.1 Å². The van der Waals surface area contributed by atoms with Gasteiger partial charge in [0.15, 0.2) is 5.71 Å². The van der Waals surface area contributed by atoms with E-state index in [1.165, 1.54) is 24.3 Å². The van der Waals surface area contributed by atoms with Gasteiger partial charge in [-0.3, -0.25) is 15.1 Å². The maximum Gasteiger partial charge on any atom is 0.416 e. The summed E-state index contributed by atoms with van der Waals surface area (Å²) in [5, 5.41) is 24.5. The molecule has 0 spiro atoms. The van der Waals surface area contributed by atoms with Crippen molar-refractivity contribution in [3.05, 3.63) is 107 Å². The van der Waals surface area contributed by atoms with Gasteiger partial charge in [0.2, 0.25) is 0 Å². The molecule has 5 rings (SSSR count). The second-order valence-corrected chi connectivity index (χ2v) is 9.30. The number of carbonyl (C=O) groups excluding carboxylic acids is 1. The highest BCUT2D eigenvalue weighted by Gasteiger charge is 2.39. The summed E-state index contributed by atoms with van der Waals surface area (Å²) < 4.78 is 40.6. The van der Waals surface area contributed by atoms with E-state index in [9.17, 15) is 33.0 Å². The van der Waals surface area contributed by atoms with Gasteiger partial charge in [0.05, 0.1) is 28.2 Å². The Morgan fingerprint density at radius 1 is 0.900 bits per heavy atom. The number of aromatic hydroxyl groups is 1. The molecule has 1 amide bonds. The lowest BCUT2D eigenvalue weighted by molar-refractivity contribution is -0.137. The summed E-state index contributed by atoms with van der Waals surface area (Å²) >= 11 is 0. The Balaban J connectivity index is 1.57. The number of phenols is 1. The standard InChI is InChI=1S/C30H22F3N3O4/c1-16-9-10-18(13-17(16)2)22-7-4-8-24(27(22)37)34-35-26-23-12-11-20(30(31,32)33)15-25(23)36(28(26)38)21-6-3-5-19(14-21)29(39)40/h3-15,34,37H,1-2H3,(H,39,40)/b35-26-. The van der Waals surface area contributed by atoms with Crippen molar-refractivity contribution in [2.75, 3.05) is 10.3 Å². The topological polar surface area (TPSA) is 102 Å². The lowest BCUT2D eigenvalue weighted by Gasteiger charge is -2.18. The number of carboxylic acids is 1. The van der Waals surface area contributed by atoms with E-state index in [1.807, 2.05) is 32.0 Å². The van der Waals surface area contributed by atoms with E-state index in [0.717, 1.165) is 39.8 Å². The van der Waals surface area contributed by atoms with Crippen molar-refractivity contribution in [3.8, 4) is 16.9 Å². The molecule has 1 aliphatic heterocycles. The van der Waals surface area contributed by atoms with Gasteiger partial charge in [-0.1, -0.05) is 36.4 Å². The Morgan fingerprint density at radius 2 is 1.65 bits per heavy atom. The number of aryl methyl sites for hydroxylation is 2. The van der Waals surface area contributed by atoms with Gasteiger partial charge in [-0.2, -0.15) is 18.3 Å². The number of nitrogens with zero attached hydrogens (tertiary/aromatic N) is 2. The minimum atomic E-state index is -4.68. The number of hydrazone groups is 1. The average Bonchev–Trinajstić information content (AvgIpc) is 3.19. The number of carboxylic acid groups (broad SMARTS) is 1. The minimum Gasteiger partial charge on any atom is -0.505 e. The maximum absolute atomic E-state index is 13.5. The summed E-state index contributed by atoms with van der Waals surface area (Å²) in [5.74, 6) is -2.15. The predicted molar refractivity (Wildman–Crippen MR) is 145 cm³/mol. The number of para-hydroxylation sites is 1. The van der Waals surface area contributed by atoms with Gasteiger partial charge in [0, 0.05) is 11.1 Å². The zero-order valence-corrected chi connectivity index (χ0v) is 21.2. The van der Waals surface area contributed by atoms with Gasteiger partial charge in [-0.15, -0.1) is 0 Å². The number of fused-ring (bicyclic) bond motifs is 1. The first-order chi connectivity index (χ1) is 19.0.